The molecule has 0 amide bonds. The van der Waals surface area contributed by atoms with Gasteiger partial charge in [-0.25, -0.2) is 19.3 Å². The minimum atomic E-state index is -0.464. The van der Waals surface area contributed by atoms with Crippen LogP contribution >= 0.6 is 0 Å². The summed E-state index contributed by atoms with van der Waals surface area (Å²) in [6.45, 7) is 3.38. The van der Waals surface area contributed by atoms with Crippen molar-refractivity contribution >= 4 is 11.6 Å². The molecule has 176 valence electrons. The Kier molecular flexibility index (Phi) is 7.36. The molecule has 2 heterocycles. The molecule has 0 unspecified atom stereocenters. The largest absolute Gasteiger partial charge is 0.383 e. The predicted octanol–water partition coefficient (Wildman–Crippen LogP) is 3.74. The van der Waals surface area contributed by atoms with Crippen LogP contribution in [-0.2, 0) is 4.74 Å². The molecule has 33 heavy (non-hydrogen) atoms. The first-order valence-corrected chi connectivity index (χ1v) is 11.7. The van der Waals surface area contributed by atoms with Crippen molar-refractivity contribution in [3.8, 4) is 17.5 Å². The van der Waals surface area contributed by atoms with Crippen molar-refractivity contribution in [1.82, 2.24) is 20.3 Å². The number of ether oxygens (including phenoxy) is 1. The summed E-state index contributed by atoms with van der Waals surface area (Å²) in [5.74, 6) is 1.04. The van der Waals surface area contributed by atoms with E-state index in [1.807, 2.05) is 0 Å². The minimum absolute atomic E-state index is 0.291. The zero-order valence-electron chi connectivity index (χ0n) is 19.3. The standard InChI is InChI=1S/C24H32FN7O/c1-16(13-33-2)30-17-3-5-18(6-4-17)31-22-11-19(20(25)12-28-22)23-27-10-7-21(32-23)29-15-24(14-26)8-9-24/h7,10-12,16-18,30H,3-6,8-9,13,15H2,1-2H3,(H,28,31)(H,27,29,32)/t16-,17?,18?/m0/s1. The molecule has 0 aliphatic heterocycles. The van der Waals surface area contributed by atoms with E-state index in [4.69, 9.17) is 4.74 Å². The van der Waals surface area contributed by atoms with Crippen LogP contribution in [0.5, 0.6) is 0 Å². The topological polar surface area (TPSA) is 108 Å². The molecule has 1 atom stereocenters. The van der Waals surface area contributed by atoms with E-state index >= 15 is 0 Å². The average Bonchev–Trinajstić information content (AvgIpc) is 3.61. The second-order valence-electron chi connectivity index (χ2n) is 9.28. The maximum atomic E-state index is 14.6. The van der Waals surface area contributed by atoms with Crippen LogP contribution in [0.2, 0.25) is 0 Å². The van der Waals surface area contributed by atoms with Gasteiger partial charge in [0.05, 0.1) is 29.9 Å². The van der Waals surface area contributed by atoms with E-state index in [0.29, 0.717) is 54.3 Å². The Morgan fingerprint density at radius 2 is 1.97 bits per heavy atom. The molecule has 0 radical (unpaired) electrons. The highest BCUT2D eigenvalue weighted by Crippen LogP contribution is 2.44. The number of aromatic nitrogens is 3. The van der Waals surface area contributed by atoms with Crippen molar-refractivity contribution in [2.24, 2.45) is 5.41 Å². The summed E-state index contributed by atoms with van der Waals surface area (Å²) in [5, 5.41) is 19.5. The van der Waals surface area contributed by atoms with Crippen LogP contribution in [0, 0.1) is 22.6 Å². The maximum absolute atomic E-state index is 14.6. The molecule has 2 aliphatic carbocycles. The molecule has 2 fully saturated rings. The fourth-order valence-electron chi connectivity index (χ4n) is 4.33. The SMILES string of the molecule is COC[C@H](C)NC1CCC(Nc2cc(-c3nccc(NCC4(C#N)CC4)n3)c(F)cn2)CC1. The minimum Gasteiger partial charge on any atom is -0.383 e. The van der Waals surface area contributed by atoms with Gasteiger partial charge in [-0.2, -0.15) is 5.26 Å². The van der Waals surface area contributed by atoms with E-state index in [-0.39, 0.29) is 5.41 Å². The number of pyridine rings is 1. The van der Waals surface area contributed by atoms with Gasteiger partial charge in [0.1, 0.15) is 11.6 Å². The number of anilines is 2. The Labute approximate surface area is 194 Å². The summed E-state index contributed by atoms with van der Waals surface area (Å²) in [6, 6.07) is 6.88. The summed E-state index contributed by atoms with van der Waals surface area (Å²) >= 11 is 0. The Morgan fingerprint density at radius 3 is 2.67 bits per heavy atom. The normalized spacial score (nSPS) is 22.2. The van der Waals surface area contributed by atoms with Crippen LogP contribution in [0.1, 0.15) is 45.4 Å². The van der Waals surface area contributed by atoms with E-state index in [0.717, 1.165) is 38.5 Å². The van der Waals surface area contributed by atoms with Crippen molar-refractivity contribution in [2.45, 2.75) is 63.6 Å². The molecule has 2 aromatic rings. The number of hydrogen-bond acceptors (Lipinski definition) is 8. The quantitative estimate of drug-likeness (QED) is 0.499. The molecule has 0 aromatic carbocycles. The van der Waals surface area contributed by atoms with Gasteiger partial charge in [0.15, 0.2) is 11.6 Å². The average molecular weight is 454 g/mol. The molecule has 0 spiro atoms. The first-order valence-electron chi connectivity index (χ1n) is 11.7. The van der Waals surface area contributed by atoms with Gasteiger partial charge in [0.25, 0.3) is 0 Å². The molecule has 2 aliphatic rings. The molecular formula is C24H32FN7O. The van der Waals surface area contributed by atoms with Gasteiger partial charge >= 0.3 is 0 Å². The third-order valence-corrected chi connectivity index (χ3v) is 6.47. The predicted molar refractivity (Wildman–Crippen MR) is 125 cm³/mol. The van der Waals surface area contributed by atoms with E-state index in [1.165, 1.54) is 6.20 Å². The third-order valence-electron chi connectivity index (χ3n) is 6.47. The van der Waals surface area contributed by atoms with Crippen molar-refractivity contribution in [2.75, 3.05) is 30.9 Å². The van der Waals surface area contributed by atoms with Crippen LogP contribution in [0.25, 0.3) is 11.4 Å². The molecule has 0 saturated heterocycles. The van der Waals surface area contributed by atoms with E-state index < -0.39 is 5.82 Å². The summed E-state index contributed by atoms with van der Waals surface area (Å²) in [5.41, 5.74) is 0.0156. The number of methoxy groups -OCH3 is 1. The zero-order chi connectivity index (χ0) is 23.3. The molecule has 0 bridgehead atoms. The molecular weight excluding hydrogens is 421 g/mol. The summed E-state index contributed by atoms with van der Waals surface area (Å²) in [4.78, 5) is 13.0. The first-order chi connectivity index (χ1) is 16.0. The van der Waals surface area contributed by atoms with Gasteiger partial charge in [0.2, 0.25) is 0 Å². The van der Waals surface area contributed by atoms with Gasteiger partial charge in [-0.05, 0) is 57.6 Å². The number of hydrogen-bond donors (Lipinski definition) is 3. The molecule has 2 aromatic heterocycles. The smallest absolute Gasteiger partial charge is 0.164 e. The van der Waals surface area contributed by atoms with Crippen molar-refractivity contribution in [3.05, 3.63) is 30.3 Å². The van der Waals surface area contributed by atoms with Gasteiger partial charge in [0, 0.05) is 38.0 Å². The third kappa shape index (κ3) is 6.15. The van der Waals surface area contributed by atoms with Crippen LogP contribution < -0.4 is 16.0 Å². The summed E-state index contributed by atoms with van der Waals surface area (Å²) < 4.78 is 19.8. The Hall–Kier alpha value is -2.83. The highest BCUT2D eigenvalue weighted by atomic mass is 19.1. The lowest BCUT2D eigenvalue weighted by Gasteiger charge is -2.31. The number of nitrogens with zero attached hydrogens (tertiary/aromatic N) is 4. The van der Waals surface area contributed by atoms with Gasteiger partial charge in [-0.3, -0.25) is 0 Å². The van der Waals surface area contributed by atoms with Crippen molar-refractivity contribution < 1.29 is 9.13 Å². The van der Waals surface area contributed by atoms with Crippen molar-refractivity contribution in [1.29, 1.82) is 5.26 Å². The molecule has 8 nitrogen and oxygen atoms in total. The second kappa shape index (κ2) is 10.4. The highest BCUT2D eigenvalue weighted by Gasteiger charge is 2.42. The molecule has 9 heteroatoms. The van der Waals surface area contributed by atoms with Crippen molar-refractivity contribution in [3.63, 3.8) is 0 Å². The van der Waals surface area contributed by atoms with Gasteiger partial charge in [-0.1, -0.05) is 0 Å². The number of nitrogens with one attached hydrogen (secondary N) is 3. The molecule has 2 saturated carbocycles. The molecule has 4 rings (SSSR count). The Bertz CT molecular complexity index is 983. The number of rotatable bonds is 10. The molecule has 3 N–H and O–H groups in total. The van der Waals surface area contributed by atoms with E-state index in [1.54, 1.807) is 25.4 Å². The fraction of sp³-hybridized carbons (Fsp3) is 0.583. The maximum Gasteiger partial charge on any atom is 0.164 e. The summed E-state index contributed by atoms with van der Waals surface area (Å²) in [6.07, 6.45) is 8.78. The number of nitriles is 1. The fourth-order valence-corrected chi connectivity index (χ4v) is 4.33. The Balaban J connectivity index is 1.37. The van der Waals surface area contributed by atoms with Gasteiger partial charge in [-0.15, -0.1) is 0 Å². The van der Waals surface area contributed by atoms with E-state index in [9.17, 15) is 9.65 Å². The van der Waals surface area contributed by atoms with Crippen LogP contribution in [0.15, 0.2) is 24.5 Å². The van der Waals surface area contributed by atoms with Gasteiger partial charge < -0.3 is 20.7 Å². The number of halogens is 1. The van der Waals surface area contributed by atoms with Crippen LogP contribution in [0.3, 0.4) is 0 Å². The van der Waals surface area contributed by atoms with Crippen LogP contribution in [-0.4, -0.2) is 53.3 Å². The zero-order valence-corrected chi connectivity index (χ0v) is 19.3. The van der Waals surface area contributed by atoms with E-state index in [2.05, 4.69) is 43.9 Å². The summed E-state index contributed by atoms with van der Waals surface area (Å²) in [7, 11) is 1.72. The lowest BCUT2D eigenvalue weighted by Crippen LogP contribution is -2.42. The highest BCUT2D eigenvalue weighted by molar-refractivity contribution is 5.61. The Morgan fingerprint density at radius 1 is 1.21 bits per heavy atom. The van der Waals surface area contributed by atoms with Crippen LogP contribution in [0.4, 0.5) is 16.0 Å². The lowest BCUT2D eigenvalue weighted by atomic mass is 9.90. The monoisotopic (exact) mass is 453 g/mol. The second-order valence-corrected chi connectivity index (χ2v) is 9.28. The first kappa shape index (κ1) is 23.3. The lowest BCUT2D eigenvalue weighted by molar-refractivity contribution is 0.161.